The molecule has 0 fully saturated rings. The van der Waals surface area contributed by atoms with Gasteiger partial charge in [0.05, 0.1) is 12.7 Å². The number of ether oxygens (including phenoxy) is 3. The zero-order chi connectivity index (χ0) is 18.4. The van der Waals surface area contributed by atoms with Gasteiger partial charge in [-0.15, -0.1) is 0 Å². The van der Waals surface area contributed by atoms with Crippen LogP contribution in [0.5, 0.6) is 17.4 Å². The molecule has 7 nitrogen and oxygen atoms in total. The van der Waals surface area contributed by atoms with Gasteiger partial charge in [-0.3, -0.25) is 4.98 Å². The number of aromatic nitrogens is 2. The maximum atomic E-state index is 6.04. The molecule has 0 saturated heterocycles. The Morgan fingerprint density at radius 3 is 2.78 bits per heavy atom. The summed E-state index contributed by atoms with van der Waals surface area (Å²) in [5.74, 6) is 1.85. The molecule has 0 saturated carbocycles. The molecule has 0 radical (unpaired) electrons. The number of fused-ring (bicyclic) bond motifs is 4. The minimum absolute atomic E-state index is 0.142. The highest BCUT2D eigenvalue weighted by molar-refractivity contribution is 5.77. The van der Waals surface area contributed by atoms with Gasteiger partial charge in [-0.1, -0.05) is 6.07 Å². The lowest BCUT2D eigenvalue weighted by Crippen LogP contribution is -2.31. The van der Waals surface area contributed by atoms with Crippen molar-refractivity contribution in [3.63, 3.8) is 0 Å². The zero-order valence-corrected chi connectivity index (χ0v) is 14.5. The van der Waals surface area contributed by atoms with Crippen molar-refractivity contribution >= 4 is 6.02 Å². The number of pyridine rings is 2. The number of hydrogen-bond acceptors (Lipinski definition) is 7. The van der Waals surface area contributed by atoms with Gasteiger partial charge < -0.3 is 19.9 Å². The zero-order valence-electron chi connectivity index (χ0n) is 14.5. The lowest BCUT2D eigenvalue weighted by Gasteiger charge is -2.33. The number of nitrogens with zero attached hydrogens (tertiary/aromatic N) is 3. The molecule has 5 rings (SSSR count). The number of rotatable bonds is 2. The largest absolute Gasteiger partial charge is 0.497 e. The number of benzene rings is 1. The van der Waals surface area contributed by atoms with E-state index in [1.165, 1.54) is 0 Å². The van der Waals surface area contributed by atoms with Crippen LogP contribution in [0.1, 0.15) is 11.1 Å². The van der Waals surface area contributed by atoms with E-state index in [9.17, 15) is 0 Å². The molecule has 0 amide bonds. The molecule has 0 unspecified atom stereocenters. The summed E-state index contributed by atoms with van der Waals surface area (Å²) in [5.41, 5.74) is 8.57. The quantitative estimate of drug-likeness (QED) is 0.755. The first kappa shape index (κ1) is 15.6. The Morgan fingerprint density at radius 2 is 2.04 bits per heavy atom. The molecule has 1 atom stereocenters. The van der Waals surface area contributed by atoms with Gasteiger partial charge in [0.2, 0.25) is 5.88 Å². The van der Waals surface area contributed by atoms with Gasteiger partial charge in [0.1, 0.15) is 18.1 Å². The summed E-state index contributed by atoms with van der Waals surface area (Å²) >= 11 is 0. The van der Waals surface area contributed by atoms with Crippen LogP contribution in [0.2, 0.25) is 0 Å². The Labute approximate surface area is 155 Å². The van der Waals surface area contributed by atoms with Crippen LogP contribution in [0.3, 0.4) is 0 Å². The Bertz CT molecular complexity index is 1070. The van der Waals surface area contributed by atoms with Crippen molar-refractivity contribution in [1.82, 2.24) is 9.97 Å². The summed E-state index contributed by atoms with van der Waals surface area (Å²) in [6.07, 6.45) is 5.29. The Kier molecular flexibility index (Phi) is 3.30. The van der Waals surface area contributed by atoms with Crippen LogP contribution in [0.25, 0.3) is 11.1 Å². The summed E-state index contributed by atoms with van der Waals surface area (Å²) < 4.78 is 17.0. The molecular formula is C20H16N4O3. The first-order chi connectivity index (χ1) is 13.2. The van der Waals surface area contributed by atoms with Crippen LogP contribution in [0.4, 0.5) is 0 Å². The second-order valence-electron chi connectivity index (χ2n) is 6.38. The van der Waals surface area contributed by atoms with Crippen LogP contribution >= 0.6 is 0 Å². The van der Waals surface area contributed by atoms with E-state index in [2.05, 4.69) is 15.0 Å². The molecule has 4 heterocycles. The number of amidine groups is 1. The minimum atomic E-state index is -0.827. The van der Waals surface area contributed by atoms with Crippen LogP contribution < -0.4 is 15.2 Å². The Hall–Kier alpha value is -3.61. The van der Waals surface area contributed by atoms with Gasteiger partial charge in [0, 0.05) is 35.3 Å². The van der Waals surface area contributed by atoms with Crippen molar-refractivity contribution in [3.05, 3.63) is 66.1 Å². The minimum Gasteiger partial charge on any atom is -0.497 e. The number of methoxy groups -OCH3 is 1. The van der Waals surface area contributed by atoms with E-state index in [4.69, 9.17) is 19.9 Å². The van der Waals surface area contributed by atoms with E-state index in [-0.39, 0.29) is 12.6 Å². The maximum absolute atomic E-state index is 6.04. The van der Waals surface area contributed by atoms with Crippen molar-refractivity contribution in [2.75, 3.05) is 13.7 Å². The van der Waals surface area contributed by atoms with Gasteiger partial charge in [0.25, 0.3) is 6.02 Å². The Balaban J connectivity index is 1.74. The fourth-order valence-electron chi connectivity index (χ4n) is 3.53. The van der Waals surface area contributed by atoms with Gasteiger partial charge in [0.15, 0.2) is 5.54 Å². The average Bonchev–Trinajstić information content (AvgIpc) is 3.11. The third-order valence-electron chi connectivity index (χ3n) is 4.86. The average molecular weight is 360 g/mol. The first-order valence-electron chi connectivity index (χ1n) is 8.45. The molecule has 134 valence electrons. The van der Waals surface area contributed by atoms with Crippen molar-refractivity contribution < 1.29 is 14.2 Å². The molecule has 0 bridgehead atoms. The first-order valence-corrected chi connectivity index (χ1v) is 8.45. The monoisotopic (exact) mass is 360 g/mol. The van der Waals surface area contributed by atoms with E-state index in [1.54, 1.807) is 25.7 Å². The molecule has 1 aromatic carbocycles. The molecule has 3 aromatic rings. The summed E-state index contributed by atoms with van der Waals surface area (Å²) in [4.78, 5) is 13.4. The van der Waals surface area contributed by atoms with E-state index >= 15 is 0 Å². The van der Waals surface area contributed by atoms with Crippen LogP contribution in [-0.4, -0.2) is 29.7 Å². The van der Waals surface area contributed by atoms with E-state index in [0.29, 0.717) is 17.4 Å². The van der Waals surface area contributed by atoms with E-state index in [0.717, 1.165) is 22.3 Å². The third kappa shape index (κ3) is 2.32. The summed E-state index contributed by atoms with van der Waals surface area (Å²) in [5, 5.41) is 0. The second-order valence-corrected chi connectivity index (χ2v) is 6.38. The van der Waals surface area contributed by atoms with Gasteiger partial charge in [-0.2, -0.15) is 0 Å². The lowest BCUT2D eigenvalue weighted by molar-refractivity contribution is 0.262. The molecule has 2 aliphatic rings. The number of hydrogen-bond donors (Lipinski definition) is 1. The van der Waals surface area contributed by atoms with Gasteiger partial charge >= 0.3 is 0 Å². The van der Waals surface area contributed by atoms with Crippen molar-refractivity contribution in [2.24, 2.45) is 10.7 Å². The van der Waals surface area contributed by atoms with Crippen molar-refractivity contribution in [2.45, 2.75) is 5.54 Å². The standard InChI is InChI=1S/C20H16N4O3/c1-25-14-4-5-17-15(8-14)20(11-26-19(21)24-20)16-7-13(10-23-18(16)27-17)12-3-2-6-22-9-12/h2-10H,11H2,1H3,(H2,21,24)/t20-/m0/s1. The summed E-state index contributed by atoms with van der Waals surface area (Å²) in [7, 11) is 1.62. The van der Waals surface area contributed by atoms with Crippen molar-refractivity contribution in [1.29, 1.82) is 0 Å². The molecule has 1 spiro atoms. The predicted octanol–water partition coefficient (Wildman–Crippen LogP) is 2.85. The predicted molar refractivity (Wildman–Crippen MR) is 98.9 cm³/mol. The number of aliphatic imine (C=N–C) groups is 1. The highest BCUT2D eigenvalue weighted by Crippen LogP contribution is 2.51. The molecule has 27 heavy (non-hydrogen) atoms. The normalized spacial score (nSPS) is 19.5. The van der Waals surface area contributed by atoms with Crippen LogP contribution in [0, 0.1) is 0 Å². The topological polar surface area (TPSA) is 91.9 Å². The molecule has 7 heteroatoms. The maximum Gasteiger partial charge on any atom is 0.283 e. The molecule has 0 aliphatic carbocycles. The Morgan fingerprint density at radius 1 is 1.11 bits per heavy atom. The highest BCUT2D eigenvalue weighted by Gasteiger charge is 2.48. The summed E-state index contributed by atoms with van der Waals surface area (Å²) in [6.45, 7) is 0.271. The molecule has 2 N–H and O–H groups in total. The molecule has 2 aromatic heterocycles. The highest BCUT2D eigenvalue weighted by atomic mass is 16.5. The molecule has 2 aliphatic heterocycles. The lowest BCUT2D eigenvalue weighted by atomic mass is 9.81. The van der Waals surface area contributed by atoms with Crippen molar-refractivity contribution in [3.8, 4) is 28.5 Å². The third-order valence-corrected chi connectivity index (χ3v) is 4.86. The number of nitrogens with two attached hydrogens (primary N) is 1. The smallest absolute Gasteiger partial charge is 0.283 e. The van der Waals surface area contributed by atoms with Crippen LogP contribution in [0.15, 0.2) is 60.0 Å². The second kappa shape index (κ2) is 5.70. The van der Waals surface area contributed by atoms with Gasteiger partial charge in [-0.25, -0.2) is 9.98 Å². The van der Waals surface area contributed by atoms with E-state index in [1.807, 2.05) is 36.4 Å². The molecular weight excluding hydrogens is 344 g/mol. The SMILES string of the molecule is COc1ccc2c(c1)[C@@]1(COC(N)=N1)c1cc(-c3cccnc3)cnc1O2. The summed E-state index contributed by atoms with van der Waals surface area (Å²) in [6, 6.07) is 11.6. The van der Waals surface area contributed by atoms with Crippen LogP contribution in [-0.2, 0) is 10.3 Å². The van der Waals surface area contributed by atoms with E-state index < -0.39 is 5.54 Å². The fraction of sp³-hybridized carbons (Fsp3) is 0.150. The fourth-order valence-corrected chi connectivity index (χ4v) is 3.53. The van der Waals surface area contributed by atoms with Gasteiger partial charge in [-0.05, 0) is 30.3 Å².